The highest BCUT2D eigenvalue weighted by atomic mass is 127. The Hall–Kier alpha value is -0.220. The Balaban J connectivity index is 0.00000338. The van der Waals surface area contributed by atoms with E-state index in [9.17, 15) is 0 Å². The van der Waals surface area contributed by atoms with Crippen molar-refractivity contribution >= 4 is 53.1 Å². The summed E-state index contributed by atoms with van der Waals surface area (Å²) >= 11 is 12.2. The molecule has 0 aliphatic carbocycles. The lowest BCUT2D eigenvalue weighted by molar-refractivity contribution is 0.00752. The zero-order valence-corrected chi connectivity index (χ0v) is 19.7. The van der Waals surface area contributed by atoms with Gasteiger partial charge in [0, 0.05) is 45.5 Å². The smallest absolute Gasteiger partial charge is 0.191 e. The molecule has 0 radical (unpaired) electrons. The topological polar surface area (TPSA) is 53.8 Å². The van der Waals surface area contributed by atoms with Crippen LogP contribution in [0.2, 0.25) is 10.2 Å². The van der Waals surface area contributed by atoms with Crippen LogP contribution in [0.15, 0.2) is 11.1 Å². The third-order valence-corrected chi connectivity index (χ3v) is 5.48. The number of rotatable bonds is 6. The van der Waals surface area contributed by atoms with Crippen molar-refractivity contribution in [2.24, 2.45) is 18.0 Å². The first-order valence-electron chi connectivity index (χ1n) is 8.70. The Kier molecular flexibility index (Phi) is 10.6. The molecule has 1 aromatic heterocycles. The Bertz CT molecular complexity index is 588. The number of morpholine rings is 1. The van der Waals surface area contributed by atoms with Gasteiger partial charge in [-0.1, -0.05) is 37.0 Å². The van der Waals surface area contributed by atoms with Crippen LogP contribution in [0.25, 0.3) is 0 Å². The van der Waals surface area contributed by atoms with Crippen LogP contribution in [0.5, 0.6) is 0 Å². The van der Waals surface area contributed by atoms with Crippen LogP contribution in [0.4, 0.5) is 0 Å². The zero-order chi connectivity index (χ0) is 18.4. The summed E-state index contributed by atoms with van der Waals surface area (Å²) in [6.45, 7) is 9.54. The van der Waals surface area contributed by atoms with Gasteiger partial charge in [-0.2, -0.15) is 0 Å². The van der Waals surface area contributed by atoms with E-state index in [1.165, 1.54) is 0 Å². The molecule has 0 spiro atoms. The molecule has 2 N–H and O–H groups in total. The van der Waals surface area contributed by atoms with Crippen LogP contribution in [-0.2, 0) is 18.3 Å². The quantitative estimate of drug-likeness (QED) is 0.346. The fraction of sp³-hybridized carbons (Fsp3) is 0.706. The number of aliphatic imine (C=N–C) groups is 1. The summed E-state index contributed by atoms with van der Waals surface area (Å²) in [5.41, 5.74) is 1.01. The highest BCUT2D eigenvalue weighted by Gasteiger charge is 2.23. The van der Waals surface area contributed by atoms with Crippen LogP contribution < -0.4 is 10.6 Å². The van der Waals surface area contributed by atoms with E-state index in [4.69, 9.17) is 27.9 Å². The van der Waals surface area contributed by atoms with Crippen molar-refractivity contribution in [3.63, 3.8) is 0 Å². The molecule has 9 heteroatoms. The average Bonchev–Trinajstić information content (AvgIpc) is 2.85. The Morgan fingerprint density at radius 2 is 1.92 bits per heavy atom. The van der Waals surface area contributed by atoms with Crippen LogP contribution in [0, 0.1) is 5.92 Å². The molecule has 0 saturated carbocycles. The van der Waals surface area contributed by atoms with Gasteiger partial charge in [-0.05, 0) is 12.0 Å². The van der Waals surface area contributed by atoms with Gasteiger partial charge in [0.25, 0.3) is 0 Å². The van der Waals surface area contributed by atoms with Gasteiger partial charge in [0.1, 0.15) is 5.15 Å². The van der Waals surface area contributed by atoms with E-state index in [2.05, 4.69) is 34.4 Å². The van der Waals surface area contributed by atoms with Gasteiger partial charge in [-0.25, -0.2) is 0 Å². The first-order valence-corrected chi connectivity index (χ1v) is 9.45. The molecule has 1 fully saturated rings. The van der Waals surface area contributed by atoms with E-state index >= 15 is 0 Å². The fourth-order valence-corrected chi connectivity index (χ4v) is 3.47. The van der Waals surface area contributed by atoms with E-state index in [0.717, 1.165) is 44.5 Å². The second-order valence-corrected chi connectivity index (χ2v) is 7.37. The van der Waals surface area contributed by atoms with Crippen molar-refractivity contribution in [1.82, 2.24) is 20.1 Å². The minimum atomic E-state index is 0. The minimum Gasteiger partial charge on any atom is -0.379 e. The van der Waals surface area contributed by atoms with E-state index in [1.807, 2.05) is 17.7 Å². The summed E-state index contributed by atoms with van der Waals surface area (Å²) in [6, 6.07) is 2.32. The van der Waals surface area contributed by atoms with Gasteiger partial charge in [-0.15, -0.1) is 24.0 Å². The van der Waals surface area contributed by atoms with Crippen molar-refractivity contribution in [3.05, 3.63) is 21.9 Å². The lowest BCUT2D eigenvalue weighted by atomic mass is 10.0. The number of ether oxygens (including phenoxy) is 1. The number of guanidine groups is 1. The minimum absolute atomic E-state index is 0. The predicted octanol–water partition coefficient (Wildman–Crippen LogP) is 2.97. The molecular weight excluding hydrogens is 488 g/mol. The molecule has 6 nitrogen and oxygen atoms in total. The number of hydrogen-bond acceptors (Lipinski definition) is 3. The monoisotopic (exact) mass is 517 g/mol. The molecule has 1 aliphatic rings. The SMILES string of the molecule is CN=C(NCc1cc(Cl)c(Cl)n1C)NCC(C(C)C)N1CCOCC1.I. The van der Waals surface area contributed by atoms with Crippen molar-refractivity contribution in [2.45, 2.75) is 26.4 Å². The van der Waals surface area contributed by atoms with Crippen molar-refractivity contribution in [3.8, 4) is 0 Å². The summed E-state index contributed by atoms with van der Waals surface area (Å²) in [4.78, 5) is 6.81. The summed E-state index contributed by atoms with van der Waals surface area (Å²) in [5, 5.41) is 7.88. The second kappa shape index (κ2) is 11.6. The Morgan fingerprint density at radius 1 is 1.27 bits per heavy atom. The van der Waals surface area contributed by atoms with Crippen LogP contribution >= 0.6 is 47.2 Å². The molecule has 1 atom stereocenters. The molecule has 2 heterocycles. The fourth-order valence-electron chi connectivity index (χ4n) is 3.05. The molecule has 0 aromatic carbocycles. The maximum atomic E-state index is 6.11. The van der Waals surface area contributed by atoms with Gasteiger partial charge in [-0.3, -0.25) is 9.89 Å². The van der Waals surface area contributed by atoms with Crippen LogP contribution in [0.1, 0.15) is 19.5 Å². The lowest BCUT2D eigenvalue weighted by Gasteiger charge is -2.37. The summed E-state index contributed by atoms with van der Waals surface area (Å²) in [6.07, 6.45) is 0. The highest BCUT2D eigenvalue weighted by molar-refractivity contribution is 14.0. The number of nitrogens with one attached hydrogen (secondary N) is 2. The van der Waals surface area contributed by atoms with Gasteiger partial charge < -0.3 is 19.9 Å². The lowest BCUT2D eigenvalue weighted by Crippen LogP contribution is -2.52. The standard InChI is InChI=1S/C17H29Cl2N5O.HI/c1-12(2)15(24-5-7-25-8-6-24)11-22-17(20-3)21-10-13-9-14(18)16(19)23(13)4;/h9,12,15H,5-8,10-11H2,1-4H3,(H2,20,21,22);1H. The molecule has 1 aliphatic heterocycles. The number of hydrogen-bond donors (Lipinski definition) is 2. The summed E-state index contributed by atoms with van der Waals surface area (Å²) in [5.74, 6) is 1.32. The number of aromatic nitrogens is 1. The Morgan fingerprint density at radius 3 is 2.42 bits per heavy atom. The molecular formula is C17H30Cl2IN5O. The number of nitrogens with zero attached hydrogens (tertiary/aromatic N) is 3. The molecule has 1 saturated heterocycles. The molecule has 26 heavy (non-hydrogen) atoms. The Labute approximate surface area is 183 Å². The van der Waals surface area contributed by atoms with Gasteiger partial charge in [0.15, 0.2) is 5.96 Å². The maximum Gasteiger partial charge on any atom is 0.191 e. The first-order chi connectivity index (χ1) is 11.9. The largest absolute Gasteiger partial charge is 0.379 e. The first kappa shape index (κ1) is 23.8. The maximum absolute atomic E-state index is 6.11. The predicted molar refractivity (Wildman–Crippen MR) is 120 cm³/mol. The molecule has 2 rings (SSSR count). The highest BCUT2D eigenvalue weighted by Crippen LogP contribution is 2.24. The van der Waals surface area contributed by atoms with E-state index in [0.29, 0.717) is 28.7 Å². The second-order valence-electron chi connectivity index (χ2n) is 6.60. The van der Waals surface area contributed by atoms with Gasteiger partial charge in [0.05, 0.1) is 24.8 Å². The third kappa shape index (κ3) is 6.44. The van der Waals surface area contributed by atoms with Gasteiger partial charge in [0.2, 0.25) is 0 Å². The molecule has 1 unspecified atom stereocenters. The zero-order valence-electron chi connectivity index (χ0n) is 15.9. The van der Waals surface area contributed by atoms with Crippen LogP contribution in [-0.4, -0.2) is 61.4 Å². The molecule has 0 bridgehead atoms. The number of halogens is 3. The van der Waals surface area contributed by atoms with Crippen LogP contribution in [0.3, 0.4) is 0 Å². The van der Waals surface area contributed by atoms with E-state index in [-0.39, 0.29) is 24.0 Å². The van der Waals surface area contributed by atoms with Crippen molar-refractivity contribution in [1.29, 1.82) is 0 Å². The normalized spacial score (nSPS) is 17.1. The molecule has 1 aromatic rings. The van der Waals surface area contributed by atoms with Gasteiger partial charge >= 0.3 is 0 Å². The van der Waals surface area contributed by atoms with Crippen molar-refractivity contribution < 1.29 is 4.74 Å². The summed E-state index contributed by atoms with van der Waals surface area (Å²) in [7, 11) is 3.67. The van der Waals surface area contributed by atoms with E-state index < -0.39 is 0 Å². The average molecular weight is 518 g/mol. The van der Waals surface area contributed by atoms with Crippen molar-refractivity contribution in [2.75, 3.05) is 39.9 Å². The van der Waals surface area contributed by atoms with E-state index in [1.54, 1.807) is 7.05 Å². The third-order valence-electron chi connectivity index (χ3n) is 4.64. The summed E-state index contributed by atoms with van der Waals surface area (Å²) < 4.78 is 7.33. The molecule has 0 amide bonds. The molecule has 150 valence electrons.